The number of hydrogen-bond acceptors (Lipinski definition) is 3. The molecule has 1 aromatic carbocycles. The second-order valence-corrected chi connectivity index (χ2v) is 4.58. The maximum atomic E-state index is 4.44. The van der Waals surface area contributed by atoms with Crippen LogP contribution in [0.1, 0.15) is 0 Å². The Morgan fingerprint density at radius 1 is 0.941 bits per heavy atom. The van der Waals surface area contributed by atoms with Crippen LogP contribution in [0.5, 0.6) is 0 Å². The van der Waals surface area contributed by atoms with Crippen molar-refractivity contribution in [2.24, 2.45) is 0 Å². The van der Waals surface area contributed by atoms with Crippen LogP contribution in [0.15, 0.2) is 55.0 Å². The molecule has 81 valence electrons. The van der Waals surface area contributed by atoms with Crippen LogP contribution in [-0.2, 0) is 0 Å². The molecule has 2 aromatic heterocycles. The van der Waals surface area contributed by atoms with Crippen molar-refractivity contribution in [2.75, 3.05) is 0 Å². The predicted octanol–water partition coefficient (Wildman–Crippen LogP) is 3.67. The molecule has 3 aromatic rings. The third-order valence-corrected chi connectivity index (χ3v) is 3.53. The zero-order chi connectivity index (χ0) is 11.5. The zero-order valence-corrected chi connectivity index (χ0v) is 9.82. The summed E-state index contributed by atoms with van der Waals surface area (Å²) in [6, 6.07) is 14.9. The van der Waals surface area contributed by atoms with Gasteiger partial charge in [-0.2, -0.15) is 0 Å². The van der Waals surface area contributed by atoms with Gasteiger partial charge in [0, 0.05) is 24.2 Å². The van der Waals surface area contributed by atoms with E-state index in [1.54, 1.807) is 23.7 Å². The van der Waals surface area contributed by atoms with E-state index in [0.29, 0.717) is 0 Å². The largest absolute Gasteiger partial charge is 0.265 e. The summed E-state index contributed by atoms with van der Waals surface area (Å²) in [5, 5.41) is 1.02. The lowest BCUT2D eigenvalue weighted by atomic mass is 10.2. The smallest absolute Gasteiger partial charge is 0.123 e. The minimum atomic E-state index is 1.02. The summed E-state index contributed by atoms with van der Waals surface area (Å²) < 4.78 is 0. The Morgan fingerprint density at radius 3 is 2.47 bits per heavy atom. The van der Waals surface area contributed by atoms with E-state index in [-0.39, 0.29) is 0 Å². The van der Waals surface area contributed by atoms with E-state index in [9.17, 15) is 0 Å². The van der Waals surface area contributed by atoms with Gasteiger partial charge in [0.05, 0.1) is 4.88 Å². The van der Waals surface area contributed by atoms with E-state index < -0.39 is 0 Å². The van der Waals surface area contributed by atoms with E-state index in [0.717, 1.165) is 10.6 Å². The van der Waals surface area contributed by atoms with Crippen LogP contribution in [0.25, 0.3) is 21.0 Å². The summed E-state index contributed by atoms with van der Waals surface area (Å²) in [6.45, 7) is 0. The molecule has 0 aliphatic heterocycles. The van der Waals surface area contributed by atoms with Gasteiger partial charge in [-0.15, -0.1) is 11.3 Å². The Kier molecular flexibility index (Phi) is 2.68. The third kappa shape index (κ3) is 2.10. The highest BCUT2D eigenvalue weighted by atomic mass is 32.1. The molecule has 0 aliphatic rings. The van der Waals surface area contributed by atoms with Crippen molar-refractivity contribution in [3.05, 3.63) is 61.1 Å². The van der Waals surface area contributed by atoms with Crippen molar-refractivity contribution in [2.45, 2.75) is 0 Å². The number of rotatable bonds is 2. The molecule has 0 spiro atoms. The van der Waals surface area contributed by atoms with Gasteiger partial charge in [0.2, 0.25) is 0 Å². The predicted molar refractivity (Wildman–Crippen MR) is 69.6 cm³/mol. The molecule has 17 heavy (non-hydrogen) atoms. The number of thiazole rings is 1. The highest BCUT2D eigenvalue weighted by Gasteiger charge is 2.05. The van der Waals surface area contributed by atoms with Gasteiger partial charge in [-0.05, 0) is 23.8 Å². The van der Waals surface area contributed by atoms with Crippen molar-refractivity contribution in [3.8, 4) is 21.0 Å². The van der Waals surface area contributed by atoms with E-state index in [1.807, 2.05) is 42.6 Å². The molecule has 0 saturated carbocycles. The molecule has 3 heteroatoms. The first-order chi connectivity index (χ1) is 8.43. The fourth-order valence-corrected chi connectivity index (χ4v) is 2.51. The normalized spacial score (nSPS) is 10.4. The fraction of sp³-hybridized carbons (Fsp3) is 0. The molecule has 0 atom stereocenters. The number of hydrogen-bond donors (Lipinski definition) is 0. The first kappa shape index (κ1) is 10.2. The zero-order valence-electron chi connectivity index (χ0n) is 9.00. The average Bonchev–Trinajstić information content (AvgIpc) is 2.90. The van der Waals surface area contributed by atoms with Crippen LogP contribution in [0.2, 0.25) is 0 Å². The summed E-state index contributed by atoms with van der Waals surface area (Å²) >= 11 is 1.69. The molecule has 0 bridgehead atoms. The van der Waals surface area contributed by atoms with Crippen molar-refractivity contribution >= 4 is 11.3 Å². The standard InChI is InChI=1S/C14H9N2S/c1-2-4-11(5-3-1)13-10-16-14(17-13)12-6-8-15-9-7-12/h2-10H. The minimum absolute atomic E-state index is 1.02. The van der Waals surface area contributed by atoms with Crippen LogP contribution in [0.4, 0.5) is 0 Å². The summed E-state index contributed by atoms with van der Waals surface area (Å²) in [4.78, 5) is 9.62. The van der Waals surface area contributed by atoms with E-state index in [2.05, 4.69) is 16.0 Å². The lowest BCUT2D eigenvalue weighted by Crippen LogP contribution is -1.74. The molecule has 1 radical (unpaired) electrons. The van der Waals surface area contributed by atoms with E-state index in [1.165, 1.54) is 10.4 Å². The second kappa shape index (κ2) is 4.47. The molecule has 2 heterocycles. The fourth-order valence-electron chi connectivity index (χ4n) is 1.59. The van der Waals surface area contributed by atoms with Crippen LogP contribution in [0, 0.1) is 6.07 Å². The first-order valence-electron chi connectivity index (χ1n) is 5.26. The van der Waals surface area contributed by atoms with Gasteiger partial charge in [-0.1, -0.05) is 24.3 Å². The number of benzene rings is 1. The Labute approximate surface area is 104 Å². The minimum Gasteiger partial charge on any atom is -0.265 e. The van der Waals surface area contributed by atoms with E-state index in [4.69, 9.17) is 0 Å². The van der Waals surface area contributed by atoms with Crippen LogP contribution < -0.4 is 0 Å². The van der Waals surface area contributed by atoms with E-state index >= 15 is 0 Å². The molecular formula is C14H9N2S. The number of aromatic nitrogens is 2. The number of nitrogens with zero attached hydrogens (tertiary/aromatic N) is 2. The van der Waals surface area contributed by atoms with Crippen LogP contribution in [0.3, 0.4) is 0 Å². The average molecular weight is 237 g/mol. The number of pyridine rings is 1. The SMILES string of the molecule is [c]1ccc(-c2cnc(-c3ccncc3)s2)cc1. The second-order valence-electron chi connectivity index (χ2n) is 3.55. The topological polar surface area (TPSA) is 25.8 Å². The Hall–Kier alpha value is -2.00. The summed E-state index contributed by atoms with van der Waals surface area (Å²) in [6.07, 6.45) is 5.48. The van der Waals surface area contributed by atoms with Gasteiger partial charge in [-0.3, -0.25) is 4.98 Å². The summed E-state index contributed by atoms with van der Waals surface area (Å²) in [5.74, 6) is 0. The van der Waals surface area contributed by atoms with Gasteiger partial charge in [0.15, 0.2) is 0 Å². The van der Waals surface area contributed by atoms with Crippen LogP contribution >= 0.6 is 11.3 Å². The maximum absolute atomic E-state index is 4.44. The molecule has 0 fully saturated rings. The Morgan fingerprint density at radius 2 is 1.71 bits per heavy atom. The highest BCUT2D eigenvalue weighted by Crippen LogP contribution is 2.31. The van der Waals surface area contributed by atoms with Gasteiger partial charge < -0.3 is 0 Å². The monoisotopic (exact) mass is 237 g/mol. The molecule has 0 saturated heterocycles. The molecule has 0 unspecified atom stereocenters. The lowest BCUT2D eigenvalue weighted by molar-refractivity contribution is 1.32. The van der Waals surface area contributed by atoms with Gasteiger partial charge in [0.1, 0.15) is 5.01 Å². The lowest BCUT2D eigenvalue weighted by Gasteiger charge is -1.94. The Balaban J connectivity index is 1.99. The third-order valence-electron chi connectivity index (χ3n) is 2.44. The molecule has 3 rings (SSSR count). The van der Waals surface area contributed by atoms with Crippen molar-refractivity contribution < 1.29 is 0 Å². The van der Waals surface area contributed by atoms with Gasteiger partial charge in [-0.25, -0.2) is 4.98 Å². The quantitative estimate of drug-likeness (QED) is 0.679. The molecular weight excluding hydrogens is 228 g/mol. The van der Waals surface area contributed by atoms with Crippen molar-refractivity contribution in [1.29, 1.82) is 0 Å². The molecule has 0 amide bonds. The highest BCUT2D eigenvalue weighted by molar-refractivity contribution is 7.18. The summed E-state index contributed by atoms with van der Waals surface area (Å²) in [5.41, 5.74) is 2.29. The molecule has 2 nitrogen and oxygen atoms in total. The van der Waals surface area contributed by atoms with Crippen molar-refractivity contribution in [1.82, 2.24) is 9.97 Å². The van der Waals surface area contributed by atoms with Crippen LogP contribution in [-0.4, -0.2) is 9.97 Å². The summed E-state index contributed by atoms with van der Waals surface area (Å²) in [7, 11) is 0. The Bertz CT molecular complexity index is 548. The van der Waals surface area contributed by atoms with Gasteiger partial charge >= 0.3 is 0 Å². The molecule has 0 aliphatic carbocycles. The maximum Gasteiger partial charge on any atom is 0.123 e. The first-order valence-corrected chi connectivity index (χ1v) is 6.08. The molecule has 0 N–H and O–H groups in total. The van der Waals surface area contributed by atoms with Gasteiger partial charge in [0.25, 0.3) is 0 Å². The van der Waals surface area contributed by atoms with Crippen molar-refractivity contribution in [3.63, 3.8) is 0 Å².